The van der Waals surface area contributed by atoms with Crippen LogP contribution in [0.15, 0.2) is 27.6 Å². The molecule has 0 amide bonds. The summed E-state index contributed by atoms with van der Waals surface area (Å²) in [7, 11) is 0. The summed E-state index contributed by atoms with van der Waals surface area (Å²) in [4.78, 5) is 1.13. The van der Waals surface area contributed by atoms with E-state index in [0.717, 1.165) is 15.9 Å². The van der Waals surface area contributed by atoms with Crippen LogP contribution in [0.5, 0.6) is 0 Å². The van der Waals surface area contributed by atoms with E-state index in [4.69, 9.17) is 5.11 Å². The number of benzene rings is 1. The minimum absolute atomic E-state index is 0.0644. The largest absolute Gasteiger partial charge is 0.394 e. The lowest BCUT2D eigenvalue weighted by Gasteiger charge is -2.22. The SMILES string of the molecule is CC(C)(C)NCc1cc(Br)ccc1SCC(O)CO. The van der Waals surface area contributed by atoms with Gasteiger partial charge in [0, 0.05) is 27.2 Å². The highest BCUT2D eigenvalue weighted by Gasteiger charge is 2.12. The van der Waals surface area contributed by atoms with Gasteiger partial charge in [-0.05, 0) is 44.5 Å². The molecular formula is C14H22BrNO2S. The lowest BCUT2D eigenvalue weighted by atomic mass is 10.1. The Balaban J connectivity index is 2.74. The molecule has 0 saturated heterocycles. The third kappa shape index (κ3) is 6.77. The van der Waals surface area contributed by atoms with Crippen LogP contribution in [0.1, 0.15) is 26.3 Å². The monoisotopic (exact) mass is 347 g/mol. The minimum atomic E-state index is -0.669. The van der Waals surface area contributed by atoms with Crippen LogP contribution in [0.4, 0.5) is 0 Å². The molecule has 19 heavy (non-hydrogen) atoms. The smallest absolute Gasteiger partial charge is 0.0864 e. The van der Waals surface area contributed by atoms with Gasteiger partial charge in [-0.15, -0.1) is 11.8 Å². The van der Waals surface area contributed by atoms with E-state index in [1.807, 2.05) is 12.1 Å². The van der Waals surface area contributed by atoms with Gasteiger partial charge in [0.1, 0.15) is 0 Å². The number of hydrogen-bond donors (Lipinski definition) is 3. The van der Waals surface area contributed by atoms with Crippen LogP contribution in [0, 0.1) is 0 Å². The Bertz CT molecular complexity index is 407. The molecular weight excluding hydrogens is 326 g/mol. The number of nitrogens with one attached hydrogen (secondary N) is 1. The van der Waals surface area contributed by atoms with Crippen molar-refractivity contribution in [2.45, 2.75) is 43.9 Å². The van der Waals surface area contributed by atoms with Crippen molar-refractivity contribution in [3.63, 3.8) is 0 Å². The fourth-order valence-corrected chi connectivity index (χ4v) is 2.79. The molecule has 0 fully saturated rings. The van der Waals surface area contributed by atoms with Gasteiger partial charge in [-0.1, -0.05) is 15.9 Å². The summed E-state index contributed by atoms with van der Waals surface area (Å²) in [6.45, 7) is 6.98. The second-order valence-electron chi connectivity index (χ2n) is 5.50. The number of halogens is 1. The van der Waals surface area contributed by atoms with Gasteiger partial charge in [0.2, 0.25) is 0 Å². The molecule has 1 atom stereocenters. The molecule has 3 N–H and O–H groups in total. The summed E-state index contributed by atoms with van der Waals surface area (Å²) in [6, 6.07) is 6.12. The topological polar surface area (TPSA) is 52.5 Å². The van der Waals surface area contributed by atoms with E-state index in [2.05, 4.69) is 48.1 Å². The third-order valence-corrected chi connectivity index (χ3v) is 4.23. The van der Waals surface area contributed by atoms with Crippen molar-refractivity contribution in [1.29, 1.82) is 0 Å². The zero-order chi connectivity index (χ0) is 14.5. The molecule has 1 unspecified atom stereocenters. The number of thioether (sulfide) groups is 1. The van der Waals surface area contributed by atoms with Gasteiger partial charge in [-0.25, -0.2) is 0 Å². The van der Waals surface area contributed by atoms with Gasteiger partial charge < -0.3 is 15.5 Å². The number of aliphatic hydroxyl groups is 2. The first kappa shape index (κ1) is 17.0. The Morgan fingerprint density at radius 1 is 1.37 bits per heavy atom. The zero-order valence-electron chi connectivity index (χ0n) is 11.6. The first-order valence-corrected chi connectivity index (χ1v) is 8.05. The average molecular weight is 348 g/mol. The molecule has 0 aliphatic rings. The standard InChI is InChI=1S/C14H22BrNO2S/c1-14(2,3)16-7-10-6-11(15)4-5-13(10)19-9-12(18)8-17/h4-6,12,16-18H,7-9H2,1-3H3. The van der Waals surface area contributed by atoms with Crippen molar-refractivity contribution >= 4 is 27.7 Å². The first-order valence-electron chi connectivity index (χ1n) is 6.27. The second-order valence-corrected chi connectivity index (χ2v) is 7.48. The molecule has 1 rings (SSSR count). The second kappa shape index (κ2) is 7.64. The Kier molecular flexibility index (Phi) is 6.83. The minimum Gasteiger partial charge on any atom is -0.394 e. The summed E-state index contributed by atoms with van der Waals surface area (Å²) in [6.07, 6.45) is -0.669. The molecule has 0 radical (unpaired) electrons. The van der Waals surface area contributed by atoms with Gasteiger partial charge in [0.05, 0.1) is 12.7 Å². The Hall–Kier alpha value is -0.0700. The lowest BCUT2D eigenvalue weighted by molar-refractivity contribution is 0.113. The van der Waals surface area contributed by atoms with Gasteiger partial charge in [0.15, 0.2) is 0 Å². The molecule has 0 aliphatic heterocycles. The maximum absolute atomic E-state index is 9.43. The van der Waals surface area contributed by atoms with Crippen molar-refractivity contribution in [1.82, 2.24) is 5.32 Å². The third-order valence-electron chi connectivity index (χ3n) is 2.47. The molecule has 108 valence electrons. The highest BCUT2D eigenvalue weighted by molar-refractivity contribution is 9.10. The van der Waals surface area contributed by atoms with Crippen LogP contribution < -0.4 is 5.32 Å². The Morgan fingerprint density at radius 3 is 2.63 bits per heavy atom. The van der Waals surface area contributed by atoms with E-state index in [9.17, 15) is 5.11 Å². The zero-order valence-corrected chi connectivity index (χ0v) is 14.0. The predicted molar refractivity (Wildman–Crippen MR) is 84.6 cm³/mol. The molecule has 3 nitrogen and oxygen atoms in total. The molecule has 0 spiro atoms. The van der Waals surface area contributed by atoms with Crippen LogP contribution >= 0.6 is 27.7 Å². The maximum atomic E-state index is 9.43. The van der Waals surface area contributed by atoms with Gasteiger partial charge >= 0.3 is 0 Å². The molecule has 0 heterocycles. The number of rotatable bonds is 6. The van der Waals surface area contributed by atoms with Crippen molar-refractivity contribution in [3.8, 4) is 0 Å². The first-order chi connectivity index (χ1) is 8.81. The average Bonchev–Trinajstić information content (AvgIpc) is 2.33. The summed E-state index contributed by atoms with van der Waals surface area (Å²) in [5.74, 6) is 0.501. The van der Waals surface area contributed by atoms with Crippen LogP contribution in [0.3, 0.4) is 0 Å². The maximum Gasteiger partial charge on any atom is 0.0864 e. The molecule has 0 aromatic heterocycles. The summed E-state index contributed by atoms with van der Waals surface area (Å²) in [5, 5.41) is 21.7. The number of hydrogen-bond acceptors (Lipinski definition) is 4. The van der Waals surface area contributed by atoms with Crippen LogP contribution in [0.2, 0.25) is 0 Å². The molecule has 1 aromatic rings. The van der Waals surface area contributed by atoms with Gasteiger partial charge in [-0.2, -0.15) is 0 Å². The van der Waals surface area contributed by atoms with Crippen LogP contribution in [-0.2, 0) is 6.54 Å². The quantitative estimate of drug-likeness (QED) is 0.692. The number of aliphatic hydroxyl groups excluding tert-OH is 2. The van der Waals surface area contributed by atoms with E-state index < -0.39 is 6.10 Å². The van der Waals surface area contributed by atoms with Gasteiger partial charge in [0.25, 0.3) is 0 Å². The van der Waals surface area contributed by atoms with E-state index in [0.29, 0.717) is 5.75 Å². The van der Waals surface area contributed by atoms with Crippen LogP contribution in [0.25, 0.3) is 0 Å². The fraction of sp³-hybridized carbons (Fsp3) is 0.571. The van der Waals surface area contributed by atoms with E-state index in [1.165, 1.54) is 5.56 Å². The van der Waals surface area contributed by atoms with Crippen molar-refractivity contribution < 1.29 is 10.2 Å². The predicted octanol–water partition coefficient (Wildman–Crippen LogP) is 2.78. The normalized spacial score (nSPS) is 13.6. The van der Waals surface area contributed by atoms with Gasteiger partial charge in [-0.3, -0.25) is 0 Å². The van der Waals surface area contributed by atoms with Crippen molar-refractivity contribution in [3.05, 3.63) is 28.2 Å². The summed E-state index contributed by atoms with van der Waals surface area (Å²) < 4.78 is 1.05. The van der Waals surface area contributed by atoms with E-state index in [-0.39, 0.29) is 12.1 Å². The fourth-order valence-electron chi connectivity index (χ4n) is 1.43. The molecule has 0 saturated carbocycles. The summed E-state index contributed by atoms with van der Waals surface area (Å²) >= 11 is 5.05. The summed E-state index contributed by atoms with van der Waals surface area (Å²) in [5.41, 5.74) is 1.26. The Morgan fingerprint density at radius 2 is 2.05 bits per heavy atom. The van der Waals surface area contributed by atoms with Crippen molar-refractivity contribution in [2.75, 3.05) is 12.4 Å². The highest BCUT2D eigenvalue weighted by Crippen LogP contribution is 2.27. The highest BCUT2D eigenvalue weighted by atomic mass is 79.9. The lowest BCUT2D eigenvalue weighted by Crippen LogP contribution is -2.35. The van der Waals surface area contributed by atoms with Crippen molar-refractivity contribution in [2.24, 2.45) is 0 Å². The van der Waals surface area contributed by atoms with E-state index in [1.54, 1.807) is 11.8 Å². The Labute approximate surface area is 127 Å². The van der Waals surface area contributed by atoms with Crippen LogP contribution in [-0.4, -0.2) is 34.2 Å². The molecule has 5 heteroatoms. The molecule has 0 aliphatic carbocycles. The van der Waals surface area contributed by atoms with E-state index >= 15 is 0 Å². The molecule has 1 aromatic carbocycles. The molecule has 0 bridgehead atoms.